The molecule has 1 aromatic carbocycles. The third kappa shape index (κ3) is 3.25. The molecule has 1 aliphatic heterocycles. The van der Waals surface area contributed by atoms with E-state index in [-0.39, 0.29) is 9.79 Å². The minimum absolute atomic E-state index is 0.0196. The van der Waals surface area contributed by atoms with Crippen molar-refractivity contribution in [3.63, 3.8) is 0 Å². The van der Waals surface area contributed by atoms with Crippen molar-refractivity contribution in [2.45, 2.75) is 21.7 Å². The number of hydrogen-bond acceptors (Lipinski definition) is 7. The minimum atomic E-state index is -3.91. The Kier molecular flexibility index (Phi) is 5.02. The highest BCUT2D eigenvalue weighted by Crippen LogP contribution is 2.34. The SMILES string of the molecule is CSc1nn2c(N3CCNCC3)cc(C)nc2c1S(=O)(=O)c1ccc(F)cc1. The molecule has 3 aromatic rings. The van der Waals surface area contributed by atoms with Gasteiger partial charge in [0.05, 0.1) is 4.90 Å². The van der Waals surface area contributed by atoms with E-state index in [0.29, 0.717) is 16.4 Å². The largest absolute Gasteiger partial charge is 0.354 e. The van der Waals surface area contributed by atoms with E-state index in [4.69, 9.17) is 0 Å². The number of aromatic nitrogens is 3. The van der Waals surface area contributed by atoms with Gasteiger partial charge in [-0.15, -0.1) is 11.8 Å². The lowest BCUT2D eigenvalue weighted by molar-refractivity contribution is 0.579. The molecular formula is C18H20FN5O2S2. The fourth-order valence-electron chi connectivity index (χ4n) is 3.30. The van der Waals surface area contributed by atoms with Gasteiger partial charge in [-0.25, -0.2) is 17.8 Å². The molecule has 0 aliphatic carbocycles. The Hall–Kier alpha value is -2.17. The number of hydrogen-bond donors (Lipinski definition) is 1. The predicted octanol–water partition coefficient (Wildman–Crippen LogP) is 2.14. The fraction of sp³-hybridized carbons (Fsp3) is 0.333. The summed E-state index contributed by atoms with van der Waals surface area (Å²) in [4.78, 5) is 6.75. The van der Waals surface area contributed by atoms with Gasteiger partial charge in [0.1, 0.15) is 16.7 Å². The molecule has 0 atom stereocenters. The quantitative estimate of drug-likeness (QED) is 0.511. The molecule has 1 saturated heterocycles. The summed E-state index contributed by atoms with van der Waals surface area (Å²) >= 11 is 1.25. The van der Waals surface area contributed by atoms with Crippen LogP contribution in [0, 0.1) is 12.7 Å². The maximum atomic E-state index is 13.3. The zero-order chi connectivity index (χ0) is 19.9. The summed E-state index contributed by atoms with van der Waals surface area (Å²) in [7, 11) is -3.91. The van der Waals surface area contributed by atoms with E-state index >= 15 is 0 Å². The summed E-state index contributed by atoms with van der Waals surface area (Å²) in [5, 5.41) is 8.24. The van der Waals surface area contributed by atoms with Crippen molar-refractivity contribution in [3.8, 4) is 0 Å². The Balaban J connectivity index is 1.96. The number of nitrogens with one attached hydrogen (secondary N) is 1. The van der Waals surface area contributed by atoms with Crippen LogP contribution in [0.4, 0.5) is 10.2 Å². The van der Waals surface area contributed by atoms with Crippen molar-refractivity contribution in [3.05, 3.63) is 41.8 Å². The Morgan fingerprint density at radius 2 is 1.86 bits per heavy atom. The highest BCUT2D eigenvalue weighted by atomic mass is 32.2. The first-order valence-electron chi connectivity index (χ1n) is 8.82. The van der Waals surface area contributed by atoms with Crippen LogP contribution in [0.2, 0.25) is 0 Å². The van der Waals surface area contributed by atoms with E-state index < -0.39 is 15.7 Å². The third-order valence-electron chi connectivity index (χ3n) is 4.65. The number of nitrogens with zero attached hydrogens (tertiary/aromatic N) is 4. The minimum Gasteiger partial charge on any atom is -0.354 e. The molecule has 148 valence electrons. The number of rotatable bonds is 4. The first kappa shape index (κ1) is 19.2. The van der Waals surface area contributed by atoms with E-state index in [0.717, 1.165) is 44.1 Å². The molecule has 4 rings (SSSR count). The summed E-state index contributed by atoms with van der Waals surface area (Å²) in [5.41, 5.74) is 1.01. The van der Waals surface area contributed by atoms with Crippen LogP contribution < -0.4 is 10.2 Å². The van der Waals surface area contributed by atoms with E-state index in [9.17, 15) is 12.8 Å². The number of sulfone groups is 1. The Labute approximate surface area is 166 Å². The van der Waals surface area contributed by atoms with Crippen LogP contribution in [-0.4, -0.2) is 55.5 Å². The number of piperazine rings is 1. The average Bonchev–Trinajstić information content (AvgIpc) is 3.07. The number of halogens is 1. The highest BCUT2D eigenvalue weighted by Gasteiger charge is 2.30. The standard InChI is InChI=1S/C18H20FN5O2S2/c1-12-11-15(23-9-7-20-8-10-23)24-17(21-12)16(18(22-24)27-2)28(25,26)14-5-3-13(19)4-6-14/h3-6,11,20H,7-10H2,1-2H3. The maximum Gasteiger partial charge on any atom is 0.213 e. The number of thioether (sulfide) groups is 1. The second-order valence-corrected chi connectivity index (χ2v) is 9.21. The smallest absolute Gasteiger partial charge is 0.213 e. The summed E-state index contributed by atoms with van der Waals surface area (Å²) in [6.45, 7) is 5.13. The molecular weight excluding hydrogens is 401 g/mol. The van der Waals surface area contributed by atoms with Gasteiger partial charge < -0.3 is 10.2 Å². The van der Waals surface area contributed by atoms with Crippen molar-refractivity contribution in [1.29, 1.82) is 0 Å². The molecule has 3 heterocycles. The van der Waals surface area contributed by atoms with Gasteiger partial charge in [0.2, 0.25) is 9.84 Å². The predicted molar refractivity (Wildman–Crippen MR) is 106 cm³/mol. The van der Waals surface area contributed by atoms with Gasteiger partial charge in [0.25, 0.3) is 0 Å². The number of fused-ring (bicyclic) bond motifs is 1. The van der Waals surface area contributed by atoms with Crippen molar-refractivity contribution < 1.29 is 12.8 Å². The monoisotopic (exact) mass is 421 g/mol. The zero-order valence-corrected chi connectivity index (χ0v) is 17.1. The summed E-state index contributed by atoms with van der Waals surface area (Å²) in [6.07, 6.45) is 1.78. The van der Waals surface area contributed by atoms with Crippen molar-refractivity contribution in [2.24, 2.45) is 0 Å². The maximum absolute atomic E-state index is 13.3. The van der Waals surface area contributed by atoms with Gasteiger partial charge in [-0.05, 0) is 37.4 Å². The average molecular weight is 422 g/mol. The van der Waals surface area contributed by atoms with E-state index in [2.05, 4.69) is 20.3 Å². The molecule has 0 unspecified atom stereocenters. The first-order valence-corrected chi connectivity index (χ1v) is 11.5. The molecule has 1 fully saturated rings. The molecule has 28 heavy (non-hydrogen) atoms. The number of aryl methyl sites for hydroxylation is 1. The first-order chi connectivity index (χ1) is 13.4. The van der Waals surface area contributed by atoms with Gasteiger partial charge in [-0.1, -0.05) is 0 Å². The molecule has 10 heteroatoms. The van der Waals surface area contributed by atoms with Crippen molar-refractivity contribution in [2.75, 3.05) is 37.3 Å². The lowest BCUT2D eigenvalue weighted by Gasteiger charge is -2.29. The topological polar surface area (TPSA) is 79.6 Å². The highest BCUT2D eigenvalue weighted by molar-refractivity contribution is 7.99. The molecule has 1 aliphatic rings. The van der Waals surface area contributed by atoms with Crippen LogP contribution >= 0.6 is 11.8 Å². The molecule has 0 saturated carbocycles. The molecule has 2 aromatic heterocycles. The second-order valence-electron chi connectivity index (χ2n) is 6.52. The molecule has 0 bridgehead atoms. The van der Waals surface area contributed by atoms with Gasteiger partial charge in [0.15, 0.2) is 10.5 Å². The normalized spacial score (nSPS) is 15.3. The van der Waals surface area contributed by atoms with Gasteiger partial charge in [-0.2, -0.15) is 9.61 Å². The van der Waals surface area contributed by atoms with Crippen LogP contribution in [0.3, 0.4) is 0 Å². The van der Waals surface area contributed by atoms with Crippen LogP contribution in [0.15, 0.2) is 45.1 Å². The molecule has 0 radical (unpaired) electrons. The third-order valence-corrected chi connectivity index (χ3v) is 7.26. The Morgan fingerprint density at radius 1 is 1.18 bits per heavy atom. The van der Waals surface area contributed by atoms with E-state index in [1.54, 1.807) is 10.8 Å². The summed E-state index contributed by atoms with van der Waals surface area (Å²) < 4.78 is 41.6. The fourth-order valence-corrected chi connectivity index (χ4v) is 5.69. The van der Waals surface area contributed by atoms with Gasteiger partial charge >= 0.3 is 0 Å². The van der Waals surface area contributed by atoms with E-state index in [1.807, 2.05) is 13.0 Å². The van der Waals surface area contributed by atoms with Gasteiger partial charge in [-0.3, -0.25) is 0 Å². The van der Waals surface area contributed by atoms with Crippen molar-refractivity contribution >= 4 is 33.1 Å². The Bertz CT molecular complexity index is 1120. The van der Waals surface area contributed by atoms with Crippen LogP contribution in [0.25, 0.3) is 5.65 Å². The molecule has 0 amide bonds. The number of anilines is 1. The number of benzene rings is 1. The second kappa shape index (κ2) is 7.34. The lowest BCUT2D eigenvalue weighted by Crippen LogP contribution is -2.44. The summed E-state index contributed by atoms with van der Waals surface area (Å²) in [6, 6.07) is 6.74. The zero-order valence-electron chi connectivity index (χ0n) is 15.5. The van der Waals surface area contributed by atoms with E-state index in [1.165, 1.54) is 23.9 Å². The lowest BCUT2D eigenvalue weighted by atomic mass is 10.3. The molecule has 0 spiro atoms. The van der Waals surface area contributed by atoms with Crippen LogP contribution in [0.5, 0.6) is 0 Å². The van der Waals surface area contributed by atoms with Crippen molar-refractivity contribution in [1.82, 2.24) is 19.9 Å². The summed E-state index contributed by atoms with van der Waals surface area (Å²) in [5.74, 6) is 0.332. The Morgan fingerprint density at radius 3 is 2.50 bits per heavy atom. The molecule has 7 nitrogen and oxygen atoms in total. The van der Waals surface area contributed by atoms with Crippen LogP contribution in [0.1, 0.15) is 5.69 Å². The van der Waals surface area contributed by atoms with Gasteiger partial charge in [0, 0.05) is 37.9 Å². The molecule has 1 N–H and O–H groups in total. The van der Waals surface area contributed by atoms with Crippen LogP contribution in [-0.2, 0) is 9.84 Å².